The van der Waals surface area contributed by atoms with Crippen molar-refractivity contribution in [3.05, 3.63) is 77.9 Å². The maximum absolute atomic E-state index is 12.8. The van der Waals surface area contributed by atoms with Crippen molar-refractivity contribution in [1.82, 2.24) is 15.0 Å². The number of hydrogen-bond acceptors (Lipinski definition) is 8. The average Bonchev–Trinajstić information content (AvgIpc) is 3.48. The standard InChI is InChI=1S/C29H31N5O5/c1-3-24-27(20-10-13-25(37-2)26(16-20)38-22-6-4-5-7-22)33-34(29(36)39-24)18-19-8-11-21(12-9-19)32-28(35)23-17-30-14-15-31-23/h8-17,22,24H,3-7,18H2,1-2H3,(H,32,35). The van der Waals surface area contributed by atoms with Gasteiger partial charge in [-0.15, -0.1) is 0 Å². The van der Waals surface area contributed by atoms with E-state index in [0.717, 1.165) is 36.8 Å². The molecule has 0 spiro atoms. The van der Waals surface area contributed by atoms with Gasteiger partial charge in [-0.05, 0) is 68.0 Å². The van der Waals surface area contributed by atoms with Gasteiger partial charge < -0.3 is 19.5 Å². The number of cyclic esters (lactones) is 1. The first-order chi connectivity index (χ1) is 19.0. The summed E-state index contributed by atoms with van der Waals surface area (Å²) in [5.41, 5.74) is 3.11. The second kappa shape index (κ2) is 11.9. The summed E-state index contributed by atoms with van der Waals surface area (Å²) in [6.45, 7) is 2.16. The highest BCUT2D eigenvalue weighted by Gasteiger charge is 2.31. The highest BCUT2D eigenvalue weighted by atomic mass is 16.6. The molecule has 39 heavy (non-hydrogen) atoms. The van der Waals surface area contributed by atoms with E-state index in [0.29, 0.717) is 29.3 Å². The molecule has 2 aromatic carbocycles. The lowest BCUT2D eigenvalue weighted by molar-refractivity contribution is 0.0712. The lowest BCUT2D eigenvalue weighted by Gasteiger charge is -2.29. The van der Waals surface area contributed by atoms with E-state index in [1.54, 1.807) is 19.2 Å². The Labute approximate surface area is 227 Å². The van der Waals surface area contributed by atoms with E-state index in [1.807, 2.05) is 37.3 Å². The van der Waals surface area contributed by atoms with Crippen molar-refractivity contribution >= 4 is 23.4 Å². The van der Waals surface area contributed by atoms with Crippen molar-refractivity contribution in [2.24, 2.45) is 5.10 Å². The molecule has 5 rings (SSSR count). The fourth-order valence-electron chi connectivity index (χ4n) is 4.69. The molecule has 202 valence electrons. The summed E-state index contributed by atoms with van der Waals surface area (Å²) in [6.07, 6.45) is 8.53. The maximum atomic E-state index is 12.8. The van der Waals surface area contributed by atoms with Crippen molar-refractivity contribution in [1.29, 1.82) is 0 Å². The number of hydrazone groups is 1. The molecular formula is C29H31N5O5. The Hall–Kier alpha value is -4.47. The van der Waals surface area contributed by atoms with E-state index in [-0.39, 0.29) is 24.2 Å². The van der Waals surface area contributed by atoms with Crippen LogP contribution in [0.3, 0.4) is 0 Å². The predicted molar refractivity (Wildman–Crippen MR) is 145 cm³/mol. The predicted octanol–water partition coefficient (Wildman–Crippen LogP) is 5.19. The SMILES string of the molecule is CCC1OC(=O)N(Cc2ccc(NC(=O)c3cnccn3)cc2)N=C1c1ccc(OC)c(OC2CCCC2)c1. The lowest BCUT2D eigenvalue weighted by atomic mass is 10.0. The van der Waals surface area contributed by atoms with Crippen LogP contribution in [0.5, 0.6) is 11.5 Å². The molecule has 10 nitrogen and oxygen atoms in total. The van der Waals surface area contributed by atoms with Crippen LogP contribution in [0.4, 0.5) is 10.5 Å². The Morgan fingerprint density at radius 3 is 2.59 bits per heavy atom. The summed E-state index contributed by atoms with van der Waals surface area (Å²) in [5.74, 6) is 0.976. The molecule has 2 heterocycles. The summed E-state index contributed by atoms with van der Waals surface area (Å²) in [7, 11) is 1.62. The van der Waals surface area contributed by atoms with Crippen LogP contribution in [0, 0.1) is 0 Å². The summed E-state index contributed by atoms with van der Waals surface area (Å²) in [6, 6.07) is 12.9. The van der Waals surface area contributed by atoms with Crippen LogP contribution in [0.25, 0.3) is 0 Å². The van der Waals surface area contributed by atoms with Crippen molar-refractivity contribution in [2.75, 3.05) is 12.4 Å². The van der Waals surface area contributed by atoms with Crippen LogP contribution in [-0.2, 0) is 11.3 Å². The van der Waals surface area contributed by atoms with Gasteiger partial charge in [-0.25, -0.2) is 9.78 Å². The number of rotatable bonds is 9. The second-order valence-electron chi connectivity index (χ2n) is 9.46. The number of hydrogen-bond donors (Lipinski definition) is 1. The molecule has 2 amide bonds. The summed E-state index contributed by atoms with van der Waals surface area (Å²) in [5, 5.41) is 8.81. The molecule has 2 aliphatic rings. The summed E-state index contributed by atoms with van der Waals surface area (Å²) in [4.78, 5) is 33.0. The Balaban J connectivity index is 1.33. The number of carbonyl (C=O) groups excluding carboxylic acids is 2. The first-order valence-corrected chi connectivity index (χ1v) is 13.1. The number of anilines is 1. The molecule has 0 saturated heterocycles. The van der Waals surface area contributed by atoms with Crippen molar-refractivity contribution in [2.45, 2.75) is 57.8 Å². The quantitative estimate of drug-likeness (QED) is 0.405. The number of methoxy groups -OCH3 is 1. The fraction of sp³-hybridized carbons (Fsp3) is 0.345. The van der Waals surface area contributed by atoms with Gasteiger partial charge in [0.1, 0.15) is 17.5 Å². The number of aromatic nitrogens is 2. The molecule has 0 bridgehead atoms. The summed E-state index contributed by atoms with van der Waals surface area (Å²) < 4.78 is 17.6. The average molecular weight is 530 g/mol. The number of amides is 2. The van der Waals surface area contributed by atoms with E-state index in [2.05, 4.69) is 15.3 Å². The molecule has 10 heteroatoms. The second-order valence-corrected chi connectivity index (χ2v) is 9.46. The Bertz CT molecular complexity index is 1340. The molecule has 0 radical (unpaired) electrons. The number of nitrogens with one attached hydrogen (secondary N) is 1. The first-order valence-electron chi connectivity index (χ1n) is 13.1. The molecule has 1 aliphatic heterocycles. The first kappa shape index (κ1) is 26.1. The third kappa shape index (κ3) is 6.17. The van der Waals surface area contributed by atoms with Gasteiger partial charge in [-0.2, -0.15) is 10.1 Å². The van der Waals surface area contributed by atoms with Crippen LogP contribution in [0.1, 0.15) is 60.6 Å². The van der Waals surface area contributed by atoms with Gasteiger partial charge in [-0.3, -0.25) is 9.78 Å². The molecule has 1 fully saturated rings. The minimum Gasteiger partial charge on any atom is -0.493 e. The zero-order valence-electron chi connectivity index (χ0n) is 22.0. The maximum Gasteiger partial charge on any atom is 0.431 e. The van der Waals surface area contributed by atoms with Gasteiger partial charge in [0.05, 0.1) is 26.0 Å². The highest BCUT2D eigenvalue weighted by Crippen LogP contribution is 2.34. The van der Waals surface area contributed by atoms with Gasteiger partial charge in [0.2, 0.25) is 0 Å². The molecule has 3 aromatic rings. The molecule has 1 atom stereocenters. The van der Waals surface area contributed by atoms with E-state index in [1.165, 1.54) is 23.6 Å². The largest absolute Gasteiger partial charge is 0.493 e. The van der Waals surface area contributed by atoms with Crippen LogP contribution in [0.15, 0.2) is 66.2 Å². The van der Waals surface area contributed by atoms with Crippen molar-refractivity contribution in [3.63, 3.8) is 0 Å². The van der Waals surface area contributed by atoms with Gasteiger partial charge in [-0.1, -0.05) is 19.1 Å². The van der Waals surface area contributed by atoms with Gasteiger partial charge in [0, 0.05) is 23.6 Å². The van der Waals surface area contributed by atoms with Crippen molar-refractivity contribution in [3.8, 4) is 11.5 Å². The third-order valence-corrected chi connectivity index (χ3v) is 6.75. The summed E-state index contributed by atoms with van der Waals surface area (Å²) >= 11 is 0. The lowest BCUT2D eigenvalue weighted by Crippen LogP contribution is -2.41. The van der Waals surface area contributed by atoms with Crippen LogP contribution < -0.4 is 14.8 Å². The number of carbonyl (C=O) groups is 2. The van der Waals surface area contributed by atoms with Gasteiger partial charge in [0.25, 0.3) is 5.91 Å². The molecule has 1 aromatic heterocycles. The zero-order valence-corrected chi connectivity index (χ0v) is 22.0. The normalized spacial score (nSPS) is 17.4. The topological polar surface area (TPSA) is 115 Å². The Morgan fingerprint density at radius 1 is 1.10 bits per heavy atom. The van der Waals surface area contributed by atoms with Crippen LogP contribution >= 0.6 is 0 Å². The van der Waals surface area contributed by atoms with E-state index < -0.39 is 12.2 Å². The number of ether oxygens (including phenoxy) is 3. The minimum atomic E-state index is -0.512. The Kier molecular flexibility index (Phi) is 8.00. The fourth-order valence-corrected chi connectivity index (χ4v) is 4.69. The van der Waals surface area contributed by atoms with Crippen LogP contribution in [-0.4, -0.2) is 52.0 Å². The molecule has 1 saturated carbocycles. The molecule has 1 aliphatic carbocycles. The zero-order chi connectivity index (χ0) is 27.2. The van der Waals surface area contributed by atoms with E-state index in [9.17, 15) is 9.59 Å². The van der Waals surface area contributed by atoms with Crippen molar-refractivity contribution < 1.29 is 23.8 Å². The Morgan fingerprint density at radius 2 is 1.90 bits per heavy atom. The van der Waals surface area contributed by atoms with Gasteiger partial charge in [0.15, 0.2) is 11.5 Å². The van der Waals surface area contributed by atoms with E-state index in [4.69, 9.17) is 19.3 Å². The highest BCUT2D eigenvalue weighted by molar-refractivity contribution is 6.06. The number of nitrogens with zero attached hydrogens (tertiary/aromatic N) is 4. The number of benzene rings is 2. The molecule has 1 unspecified atom stereocenters. The smallest absolute Gasteiger partial charge is 0.431 e. The molecule has 1 N–H and O–H groups in total. The van der Waals surface area contributed by atoms with Crippen LogP contribution in [0.2, 0.25) is 0 Å². The minimum absolute atomic E-state index is 0.173. The van der Waals surface area contributed by atoms with Gasteiger partial charge >= 0.3 is 6.09 Å². The monoisotopic (exact) mass is 529 g/mol. The third-order valence-electron chi connectivity index (χ3n) is 6.75. The molecular weight excluding hydrogens is 498 g/mol. The van der Waals surface area contributed by atoms with E-state index >= 15 is 0 Å².